The summed E-state index contributed by atoms with van der Waals surface area (Å²) in [6.45, 7) is 6.08. The van der Waals surface area contributed by atoms with Crippen LogP contribution in [0.4, 0.5) is 0 Å². The van der Waals surface area contributed by atoms with Gasteiger partial charge in [-0.05, 0) is 41.1 Å². The van der Waals surface area contributed by atoms with Gasteiger partial charge in [-0.25, -0.2) is 0 Å². The molecule has 0 fully saturated rings. The van der Waals surface area contributed by atoms with E-state index in [1.54, 1.807) is 10.8 Å². The molecule has 0 saturated carbocycles. The molecule has 4 heteroatoms. The molecule has 0 aliphatic rings. The lowest BCUT2D eigenvalue weighted by Crippen LogP contribution is -1.95. The maximum absolute atomic E-state index is 4.48. The van der Waals surface area contributed by atoms with Gasteiger partial charge in [0.25, 0.3) is 0 Å². The molecule has 0 radical (unpaired) electrons. The third-order valence-electron chi connectivity index (χ3n) is 2.66. The normalized spacial score (nSPS) is 10.1. The Morgan fingerprint density at radius 3 is 2.63 bits per heavy atom. The van der Waals surface area contributed by atoms with Crippen LogP contribution in [0.25, 0.3) is 16.8 Å². The maximum Gasteiger partial charge on any atom is 0.102 e. The van der Waals surface area contributed by atoms with Crippen LogP contribution in [0.3, 0.4) is 0 Å². The fourth-order valence-electron chi connectivity index (χ4n) is 1.81. The summed E-state index contributed by atoms with van der Waals surface area (Å²) >= 11 is 3.44. The van der Waals surface area contributed by atoms with E-state index in [-0.39, 0.29) is 0 Å². The van der Waals surface area contributed by atoms with Gasteiger partial charge in [-0.2, -0.15) is 5.10 Å². The number of benzene rings is 1. The van der Waals surface area contributed by atoms with E-state index in [9.17, 15) is 0 Å². The standard InChI is InChI=1S/C13H10BrN3.C2H6/c1-9-3-2-4-10(7-9)12-5-6-13-11(14)8-15-17(13)16-12;1-2/h2-8H,1H3;1-2H3. The minimum absolute atomic E-state index is 0.928. The number of aryl methyl sites for hydroxylation is 1. The highest BCUT2D eigenvalue weighted by atomic mass is 79.9. The smallest absolute Gasteiger partial charge is 0.102 e. The minimum atomic E-state index is 0.928. The molecule has 98 valence electrons. The van der Waals surface area contributed by atoms with Gasteiger partial charge in [0.05, 0.1) is 16.4 Å². The van der Waals surface area contributed by atoms with Crippen LogP contribution in [-0.4, -0.2) is 14.8 Å². The van der Waals surface area contributed by atoms with E-state index in [4.69, 9.17) is 0 Å². The van der Waals surface area contributed by atoms with Crippen molar-refractivity contribution in [3.05, 3.63) is 52.6 Å². The fourth-order valence-corrected chi connectivity index (χ4v) is 2.19. The lowest BCUT2D eigenvalue weighted by atomic mass is 10.1. The third-order valence-corrected chi connectivity index (χ3v) is 3.27. The summed E-state index contributed by atoms with van der Waals surface area (Å²) in [4.78, 5) is 0. The van der Waals surface area contributed by atoms with Crippen LogP contribution in [-0.2, 0) is 0 Å². The van der Waals surface area contributed by atoms with Crippen LogP contribution in [0, 0.1) is 6.92 Å². The summed E-state index contributed by atoms with van der Waals surface area (Å²) in [5.74, 6) is 0. The van der Waals surface area contributed by atoms with Crippen LogP contribution < -0.4 is 0 Å². The van der Waals surface area contributed by atoms with Gasteiger partial charge >= 0.3 is 0 Å². The monoisotopic (exact) mass is 317 g/mol. The predicted molar refractivity (Wildman–Crippen MR) is 82.2 cm³/mol. The van der Waals surface area contributed by atoms with Crippen molar-refractivity contribution < 1.29 is 0 Å². The molecule has 3 nitrogen and oxygen atoms in total. The van der Waals surface area contributed by atoms with Crippen LogP contribution in [0.2, 0.25) is 0 Å². The molecule has 19 heavy (non-hydrogen) atoms. The number of hydrogen-bond donors (Lipinski definition) is 0. The minimum Gasteiger partial charge on any atom is -0.157 e. The average Bonchev–Trinajstić information content (AvgIpc) is 2.82. The van der Waals surface area contributed by atoms with E-state index in [2.05, 4.69) is 51.3 Å². The van der Waals surface area contributed by atoms with Crippen molar-refractivity contribution >= 4 is 21.4 Å². The fraction of sp³-hybridized carbons (Fsp3) is 0.200. The summed E-state index contributed by atoms with van der Waals surface area (Å²) < 4.78 is 2.60. The van der Waals surface area contributed by atoms with Crippen molar-refractivity contribution in [2.45, 2.75) is 20.8 Å². The van der Waals surface area contributed by atoms with Gasteiger partial charge < -0.3 is 0 Å². The van der Waals surface area contributed by atoms with E-state index < -0.39 is 0 Å². The molecule has 2 aromatic heterocycles. The molecule has 3 rings (SSSR count). The highest BCUT2D eigenvalue weighted by Gasteiger charge is 2.04. The molecule has 0 amide bonds. The zero-order valence-corrected chi connectivity index (χ0v) is 12.8. The number of nitrogens with zero attached hydrogens (tertiary/aromatic N) is 3. The number of fused-ring (bicyclic) bond motifs is 1. The highest BCUT2D eigenvalue weighted by molar-refractivity contribution is 9.10. The first-order valence-corrected chi connectivity index (χ1v) is 7.11. The molecule has 0 atom stereocenters. The van der Waals surface area contributed by atoms with E-state index in [0.29, 0.717) is 0 Å². The maximum atomic E-state index is 4.48. The SMILES string of the molecule is CC.Cc1cccc(-c2ccc3c(Br)cnn3n2)c1. The quantitative estimate of drug-likeness (QED) is 0.661. The van der Waals surface area contributed by atoms with Crippen molar-refractivity contribution in [2.24, 2.45) is 0 Å². The number of aromatic nitrogens is 3. The van der Waals surface area contributed by atoms with E-state index in [0.717, 1.165) is 21.2 Å². The Balaban J connectivity index is 0.000000637. The van der Waals surface area contributed by atoms with Crippen molar-refractivity contribution in [1.82, 2.24) is 14.8 Å². The van der Waals surface area contributed by atoms with Gasteiger partial charge in [0.15, 0.2) is 0 Å². The van der Waals surface area contributed by atoms with Crippen LogP contribution in [0.5, 0.6) is 0 Å². The number of halogens is 1. The molecular formula is C15H16BrN3. The molecule has 0 saturated heterocycles. The second-order valence-corrected chi connectivity index (χ2v) is 4.81. The summed E-state index contributed by atoms with van der Waals surface area (Å²) in [5, 5.41) is 8.67. The van der Waals surface area contributed by atoms with Gasteiger partial charge in [-0.15, -0.1) is 9.73 Å². The Kier molecular flexibility index (Phi) is 4.32. The second kappa shape index (κ2) is 5.97. The van der Waals surface area contributed by atoms with Crippen molar-refractivity contribution in [3.63, 3.8) is 0 Å². The van der Waals surface area contributed by atoms with Gasteiger partial charge in [-0.3, -0.25) is 0 Å². The Bertz CT molecular complexity index is 689. The van der Waals surface area contributed by atoms with E-state index in [1.807, 2.05) is 32.0 Å². The summed E-state index contributed by atoms with van der Waals surface area (Å²) in [6, 6.07) is 12.3. The number of rotatable bonds is 1. The molecule has 0 N–H and O–H groups in total. The molecule has 0 aliphatic carbocycles. The van der Waals surface area contributed by atoms with Crippen LogP contribution in [0.1, 0.15) is 19.4 Å². The molecule has 0 bridgehead atoms. The third kappa shape index (κ3) is 2.84. The van der Waals surface area contributed by atoms with Gasteiger partial charge in [0.2, 0.25) is 0 Å². The Morgan fingerprint density at radius 2 is 1.89 bits per heavy atom. The van der Waals surface area contributed by atoms with Crippen LogP contribution in [0.15, 0.2) is 47.1 Å². The van der Waals surface area contributed by atoms with E-state index >= 15 is 0 Å². The van der Waals surface area contributed by atoms with Gasteiger partial charge in [0.1, 0.15) is 5.52 Å². The van der Waals surface area contributed by atoms with Crippen molar-refractivity contribution in [2.75, 3.05) is 0 Å². The van der Waals surface area contributed by atoms with Crippen molar-refractivity contribution in [1.29, 1.82) is 0 Å². The Hall–Kier alpha value is -1.68. The molecule has 0 aliphatic heterocycles. The zero-order valence-electron chi connectivity index (χ0n) is 11.3. The highest BCUT2D eigenvalue weighted by Crippen LogP contribution is 2.21. The summed E-state index contributed by atoms with van der Waals surface area (Å²) in [7, 11) is 0. The second-order valence-electron chi connectivity index (χ2n) is 3.96. The summed E-state index contributed by atoms with van der Waals surface area (Å²) in [6.07, 6.45) is 1.75. The lowest BCUT2D eigenvalue weighted by Gasteiger charge is -2.02. The Morgan fingerprint density at radius 1 is 1.11 bits per heavy atom. The molecule has 3 aromatic rings. The molecule has 0 spiro atoms. The van der Waals surface area contributed by atoms with Crippen LogP contribution >= 0.6 is 15.9 Å². The first kappa shape index (κ1) is 13.7. The van der Waals surface area contributed by atoms with Crippen molar-refractivity contribution in [3.8, 4) is 11.3 Å². The lowest BCUT2D eigenvalue weighted by molar-refractivity contribution is 0.804. The molecule has 2 heterocycles. The first-order chi connectivity index (χ1) is 9.24. The molecular weight excluding hydrogens is 302 g/mol. The predicted octanol–water partition coefficient (Wildman–Crippen LogP) is 4.49. The van der Waals surface area contributed by atoms with Gasteiger partial charge in [0, 0.05) is 5.56 Å². The largest absolute Gasteiger partial charge is 0.157 e. The zero-order chi connectivity index (χ0) is 13.8. The number of hydrogen-bond acceptors (Lipinski definition) is 2. The van der Waals surface area contributed by atoms with E-state index in [1.165, 1.54) is 5.56 Å². The first-order valence-electron chi connectivity index (χ1n) is 6.32. The molecule has 0 unspecified atom stereocenters. The average molecular weight is 318 g/mol. The Labute approximate surface area is 121 Å². The summed E-state index contributed by atoms with van der Waals surface area (Å²) in [5.41, 5.74) is 4.24. The molecule has 1 aromatic carbocycles. The van der Waals surface area contributed by atoms with Gasteiger partial charge in [-0.1, -0.05) is 37.6 Å². The topological polar surface area (TPSA) is 30.2 Å².